The van der Waals surface area contributed by atoms with Gasteiger partial charge in [0.05, 0.1) is 5.69 Å². The molecule has 0 aliphatic carbocycles. The van der Waals surface area contributed by atoms with E-state index in [1.807, 2.05) is 24.3 Å². The van der Waals surface area contributed by atoms with Crippen molar-refractivity contribution in [2.45, 2.75) is 6.92 Å². The molecule has 1 heterocycles. The van der Waals surface area contributed by atoms with Crippen LogP contribution in [0.5, 0.6) is 17.2 Å². The molecule has 4 rings (SSSR count). The number of ether oxygens (including phenoxy) is 3. The number of benzene rings is 3. The number of halogens is 1. The normalized spacial score (nSPS) is 12.1. The first kappa shape index (κ1) is 18.1. The maximum atomic E-state index is 12.4. The maximum Gasteiger partial charge on any atom is 0.262 e. The Balaban J connectivity index is 1.52. The standard InChI is InChI=1S/C21H16ClNO5/c1-12(24)15-8-19-20(28-11-27-19)9-17(15)23-21(25)10-26-18-7-6-16(22)13-4-2-3-5-14(13)18/h2-9H,10-11H2,1H3,(H,23,25). The van der Waals surface area contributed by atoms with Crippen molar-refractivity contribution in [3.63, 3.8) is 0 Å². The lowest BCUT2D eigenvalue weighted by Crippen LogP contribution is -2.21. The van der Waals surface area contributed by atoms with Gasteiger partial charge in [0.1, 0.15) is 5.75 Å². The molecule has 0 aromatic heterocycles. The zero-order chi connectivity index (χ0) is 19.7. The van der Waals surface area contributed by atoms with Gasteiger partial charge in [0.25, 0.3) is 5.91 Å². The van der Waals surface area contributed by atoms with Crippen molar-refractivity contribution in [1.29, 1.82) is 0 Å². The van der Waals surface area contributed by atoms with Crippen LogP contribution in [0, 0.1) is 0 Å². The van der Waals surface area contributed by atoms with Crippen LogP contribution >= 0.6 is 11.6 Å². The van der Waals surface area contributed by atoms with Crippen LogP contribution in [0.25, 0.3) is 10.8 Å². The van der Waals surface area contributed by atoms with Gasteiger partial charge in [-0.1, -0.05) is 35.9 Å². The van der Waals surface area contributed by atoms with E-state index in [9.17, 15) is 9.59 Å². The Labute approximate surface area is 166 Å². The molecule has 6 nitrogen and oxygen atoms in total. The topological polar surface area (TPSA) is 73.9 Å². The summed E-state index contributed by atoms with van der Waals surface area (Å²) in [5, 5.41) is 4.97. The van der Waals surface area contributed by atoms with Gasteiger partial charge in [0, 0.05) is 27.4 Å². The summed E-state index contributed by atoms with van der Waals surface area (Å²) in [5.41, 5.74) is 0.695. The summed E-state index contributed by atoms with van der Waals surface area (Å²) >= 11 is 6.20. The average molecular weight is 398 g/mol. The number of carbonyl (C=O) groups is 2. The fourth-order valence-corrected chi connectivity index (χ4v) is 3.25. The van der Waals surface area contributed by atoms with Gasteiger partial charge in [0.2, 0.25) is 6.79 Å². The highest BCUT2D eigenvalue weighted by Crippen LogP contribution is 2.37. The van der Waals surface area contributed by atoms with Gasteiger partial charge < -0.3 is 19.5 Å². The Kier molecular flexibility index (Phi) is 4.79. The van der Waals surface area contributed by atoms with Crippen LogP contribution < -0.4 is 19.5 Å². The smallest absolute Gasteiger partial charge is 0.262 e. The van der Waals surface area contributed by atoms with Crippen molar-refractivity contribution >= 4 is 39.8 Å². The lowest BCUT2D eigenvalue weighted by molar-refractivity contribution is -0.118. The Hall–Kier alpha value is -3.25. The molecule has 0 fully saturated rings. The zero-order valence-electron chi connectivity index (χ0n) is 15.0. The highest BCUT2D eigenvalue weighted by molar-refractivity contribution is 6.35. The Morgan fingerprint density at radius 2 is 1.79 bits per heavy atom. The fraction of sp³-hybridized carbons (Fsp3) is 0.143. The SMILES string of the molecule is CC(=O)c1cc2c(cc1NC(=O)COc1ccc(Cl)c3ccccc13)OCO2. The van der Waals surface area contributed by atoms with E-state index >= 15 is 0 Å². The molecular formula is C21H16ClNO5. The van der Waals surface area contributed by atoms with Crippen molar-refractivity contribution in [3.8, 4) is 17.2 Å². The second kappa shape index (κ2) is 7.40. The minimum atomic E-state index is -0.402. The zero-order valence-corrected chi connectivity index (χ0v) is 15.7. The van der Waals surface area contributed by atoms with Gasteiger partial charge in [-0.3, -0.25) is 9.59 Å². The van der Waals surface area contributed by atoms with Crippen molar-refractivity contribution in [2.24, 2.45) is 0 Å². The summed E-state index contributed by atoms with van der Waals surface area (Å²) in [6.07, 6.45) is 0. The first-order chi connectivity index (χ1) is 13.5. The summed E-state index contributed by atoms with van der Waals surface area (Å²) < 4.78 is 16.3. The van der Waals surface area contributed by atoms with Crippen LogP contribution in [0.15, 0.2) is 48.5 Å². The van der Waals surface area contributed by atoms with Crippen molar-refractivity contribution in [3.05, 3.63) is 59.1 Å². The van der Waals surface area contributed by atoms with E-state index in [0.717, 1.165) is 10.8 Å². The first-order valence-corrected chi connectivity index (χ1v) is 8.95. The monoisotopic (exact) mass is 397 g/mol. The molecule has 0 saturated carbocycles. The van der Waals surface area contributed by atoms with E-state index in [2.05, 4.69) is 5.32 Å². The van der Waals surface area contributed by atoms with Crippen LogP contribution in [-0.4, -0.2) is 25.1 Å². The van der Waals surface area contributed by atoms with E-state index < -0.39 is 5.91 Å². The molecule has 0 bridgehead atoms. The number of Topliss-reactive ketones (excluding diaryl/α,β-unsaturated/α-hetero) is 1. The largest absolute Gasteiger partial charge is 0.483 e. The van der Waals surface area contributed by atoms with E-state index in [1.54, 1.807) is 24.3 Å². The third-order valence-electron chi connectivity index (χ3n) is 4.36. The number of hydrogen-bond donors (Lipinski definition) is 1. The van der Waals surface area contributed by atoms with Crippen LogP contribution in [0.3, 0.4) is 0 Å². The van der Waals surface area contributed by atoms with Crippen molar-refractivity contribution in [1.82, 2.24) is 0 Å². The number of fused-ring (bicyclic) bond motifs is 2. The minimum Gasteiger partial charge on any atom is -0.483 e. The van der Waals surface area contributed by atoms with E-state index in [0.29, 0.717) is 33.5 Å². The van der Waals surface area contributed by atoms with Crippen LogP contribution in [0.4, 0.5) is 5.69 Å². The second-order valence-electron chi connectivity index (χ2n) is 6.24. The van der Waals surface area contributed by atoms with Gasteiger partial charge in [-0.25, -0.2) is 0 Å². The highest BCUT2D eigenvalue weighted by atomic mass is 35.5. The Morgan fingerprint density at radius 1 is 1.07 bits per heavy atom. The van der Waals surface area contributed by atoms with Gasteiger partial charge in [-0.15, -0.1) is 0 Å². The molecule has 28 heavy (non-hydrogen) atoms. The first-order valence-electron chi connectivity index (χ1n) is 8.57. The number of rotatable bonds is 5. The van der Waals surface area contributed by atoms with Crippen molar-refractivity contribution in [2.75, 3.05) is 18.7 Å². The Morgan fingerprint density at radius 3 is 2.54 bits per heavy atom. The summed E-state index contributed by atoms with van der Waals surface area (Å²) in [7, 11) is 0. The fourth-order valence-electron chi connectivity index (χ4n) is 3.03. The molecule has 142 valence electrons. The molecule has 3 aromatic rings. The maximum absolute atomic E-state index is 12.4. The molecule has 1 N–H and O–H groups in total. The molecule has 7 heteroatoms. The molecular weight excluding hydrogens is 382 g/mol. The molecule has 0 saturated heterocycles. The predicted molar refractivity (Wildman–Crippen MR) is 106 cm³/mol. The molecule has 0 unspecified atom stereocenters. The quantitative estimate of drug-likeness (QED) is 0.644. The molecule has 1 amide bonds. The summed E-state index contributed by atoms with van der Waals surface area (Å²) in [6, 6.07) is 14.1. The number of amides is 1. The molecule has 0 radical (unpaired) electrons. The number of hydrogen-bond acceptors (Lipinski definition) is 5. The van der Waals surface area contributed by atoms with E-state index in [-0.39, 0.29) is 19.2 Å². The second-order valence-corrected chi connectivity index (χ2v) is 6.64. The number of ketones is 1. The molecule has 1 aliphatic heterocycles. The van der Waals surface area contributed by atoms with Gasteiger partial charge in [0.15, 0.2) is 23.9 Å². The van der Waals surface area contributed by atoms with Crippen LogP contribution in [0.2, 0.25) is 5.02 Å². The van der Waals surface area contributed by atoms with Crippen molar-refractivity contribution < 1.29 is 23.8 Å². The lowest BCUT2D eigenvalue weighted by Gasteiger charge is -2.13. The average Bonchev–Trinajstić information content (AvgIpc) is 3.14. The number of anilines is 1. The summed E-state index contributed by atoms with van der Waals surface area (Å²) in [4.78, 5) is 24.3. The highest BCUT2D eigenvalue weighted by Gasteiger charge is 2.20. The van der Waals surface area contributed by atoms with Gasteiger partial charge in [-0.2, -0.15) is 0 Å². The number of carbonyl (C=O) groups excluding carboxylic acids is 2. The van der Waals surface area contributed by atoms with Gasteiger partial charge in [-0.05, 0) is 25.1 Å². The van der Waals surface area contributed by atoms with Crippen LogP contribution in [-0.2, 0) is 4.79 Å². The third-order valence-corrected chi connectivity index (χ3v) is 4.69. The predicted octanol–water partition coefficient (Wildman–Crippen LogP) is 4.44. The number of nitrogens with one attached hydrogen (secondary N) is 1. The molecule has 0 atom stereocenters. The van der Waals surface area contributed by atoms with E-state index in [4.69, 9.17) is 25.8 Å². The van der Waals surface area contributed by atoms with Gasteiger partial charge >= 0.3 is 0 Å². The summed E-state index contributed by atoms with van der Waals surface area (Å²) in [5.74, 6) is 0.906. The molecule has 0 spiro atoms. The molecule has 3 aromatic carbocycles. The van der Waals surface area contributed by atoms with E-state index in [1.165, 1.54) is 6.92 Å². The Bertz CT molecular complexity index is 1100. The lowest BCUT2D eigenvalue weighted by atomic mass is 10.1. The minimum absolute atomic E-state index is 0.0802. The molecule has 1 aliphatic rings. The summed E-state index contributed by atoms with van der Waals surface area (Å²) in [6.45, 7) is 1.28. The third kappa shape index (κ3) is 3.46. The van der Waals surface area contributed by atoms with Crippen LogP contribution in [0.1, 0.15) is 17.3 Å².